The molecule has 2 rings (SSSR count). The van der Waals surface area contributed by atoms with E-state index in [1.165, 1.54) is 6.42 Å². The minimum atomic E-state index is -0.144. The molecular weight excluding hydrogens is 306 g/mol. The Kier molecular flexibility index (Phi) is 7.08. The quantitative estimate of drug-likeness (QED) is 0.664. The van der Waals surface area contributed by atoms with Crippen molar-refractivity contribution in [3.63, 3.8) is 0 Å². The Labute approximate surface area is 143 Å². The molecule has 1 aromatic heterocycles. The second-order valence-corrected chi connectivity index (χ2v) is 6.64. The Morgan fingerprint density at radius 1 is 1.21 bits per heavy atom. The molecule has 1 heterocycles. The molecule has 0 saturated heterocycles. The van der Waals surface area contributed by atoms with Gasteiger partial charge in [-0.25, -0.2) is 4.79 Å². The molecule has 3 amide bonds. The summed E-state index contributed by atoms with van der Waals surface area (Å²) in [7, 11) is 0. The molecule has 2 atom stereocenters. The van der Waals surface area contributed by atoms with Crippen LogP contribution < -0.4 is 16.0 Å². The SMILES string of the molecule is CC(C)C(=O)NCCCNC(=O)N[C@H]1CCCC[C@H]1n1cccn1. The molecule has 7 nitrogen and oxygen atoms in total. The number of carbonyl (C=O) groups excluding carboxylic acids is 2. The van der Waals surface area contributed by atoms with Crippen molar-refractivity contribution in [1.29, 1.82) is 0 Å². The van der Waals surface area contributed by atoms with Crippen LogP contribution in [0.3, 0.4) is 0 Å². The predicted octanol–water partition coefficient (Wildman–Crippen LogP) is 1.83. The van der Waals surface area contributed by atoms with Crippen LogP contribution in [0.5, 0.6) is 0 Å². The highest BCUT2D eigenvalue weighted by molar-refractivity contribution is 5.77. The molecule has 0 radical (unpaired) electrons. The fourth-order valence-electron chi connectivity index (χ4n) is 3.00. The van der Waals surface area contributed by atoms with Gasteiger partial charge in [0.1, 0.15) is 0 Å². The Bertz CT molecular complexity index is 515. The maximum Gasteiger partial charge on any atom is 0.315 e. The van der Waals surface area contributed by atoms with Gasteiger partial charge in [0.15, 0.2) is 0 Å². The normalized spacial score (nSPS) is 20.6. The van der Waals surface area contributed by atoms with Crippen LogP contribution in [0.15, 0.2) is 18.5 Å². The molecular formula is C17H29N5O2. The molecule has 3 N–H and O–H groups in total. The van der Waals surface area contributed by atoms with Crippen LogP contribution in [0.25, 0.3) is 0 Å². The van der Waals surface area contributed by atoms with Gasteiger partial charge in [-0.15, -0.1) is 0 Å². The van der Waals surface area contributed by atoms with E-state index in [1.54, 1.807) is 6.20 Å². The second-order valence-electron chi connectivity index (χ2n) is 6.64. The molecule has 0 aliphatic heterocycles. The number of urea groups is 1. The summed E-state index contributed by atoms with van der Waals surface area (Å²) in [6.07, 6.45) is 8.76. The van der Waals surface area contributed by atoms with E-state index in [2.05, 4.69) is 21.0 Å². The molecule has 0 bridgehead atoms. The van der Waals surface area contributed by atoms with E-state index in [-0.39, 0.29) is 29.9 Å². The van der Waals surface area contributed by atoms with Crippen molar-refractivity contribution in [2.75, 3.05) is 13.1 Å². The van der Waals surface area contributed by atoms with E-state index < -0.39 is 0 Å². The van der Waals surface area contributed by atoms with Crippen molar-refractivity contribution in [3.05, 3.63) is 18.5 Å². The maximum atomic E-state index is 12.1. The molecule has 1 saturated carbocycles. The topological polar surface area (TPSA) is 88.0 Å². The second kappa shape index (κ2) is 9.30. The molecule has 134 valence electrons. The summed E-state index contributed by atoms with van der Waals surface area (Å²) in [5.74, 6) is 0.0375. The molecule has 1 aliphatic rings. The lowest BCUT2D eigenvalue weighted by Crippen LogP contribution is -2.47. The van der Waals surface area contributed by atoms with Crippen LogP contribution in [-0.4, -0.2) is 40.9 Å². The Hall–Kier alpha value is -2.05. The standard InChI is InChI=1S/C17H29N5O2/c1-13(2)16(23)18-9-5-10-19-17(24)21-14-7-3-4-8-15(14)22-12-6-11-20-22/h6,11-15H,3-5,7-10H2,1-2H3,(H,18,23)(H2,19,21,24)/t14-,15+/m0/s1. The third kappa shape index (κ3) is 5.54. The van der Waals surface area contributed by atoms with Crippen LogP contribution in [0, 0.1) is 5.92 Å². The third-order valence-corrected chi connectivity index (χ3v) is 4.37. The predicted molar refractivity (Wildman–Crippen MR) is 92.5 cm³/mol. The lowest BCUT2D eigenvalue weighted by molar-refractivity contribution is -0.123. The van der Waals surface area contributed by atoms with Gasteiger partial charge < -0.3 is 16.0 Å². The summed E-state index contributed by atoms with van der Waals surface area (Å²) < 4.78 is 1.95. The monoisotopic (exact) mass is 335 g/mol. The third-order valence-electron chi connectivity index (χ3n) is 4.37. The van der Waals surface area contributed by atoms with Gasteiger partial charge in [0.2, 0.25) is 5.91 Å². The molecule has 7 heteroatoms. The van der Waals surface area contributed by atoms with Crippen molar-refractivity contribution in [2.45, 2.75) is 58.0 Å². The molecule has 24 heavy (non-hydrogen) atoms. The smallest absolute Gasteiger partial charge is 0.315 e. The zero-order valence-corrected chi connectivity index (χ0v) is 14.6. The number of aromatic nitrogens is 2. The van der Waals surface area contributed by atoms with E-state index >= 15 is 0 Å². The van der Waals surface area contributed by atoms with Gasteiger partial charge in [-0.3, -0.25) is 9.48 Å². The first-order chi connectivity index (χ1) is 11.6. The van der Waals surface area contributed by atoms with Crippen LogP contribution in [0.1, 0.15) is 52.0 Å². The number of nitrogens with zero attached hydrogens (tertiary/aromatic N) is 2. The summed E-state index contributed by atoms with van der Waals surface area (Å²) in [5.41, 5.74) is 0. The Balaban J connectivity index is 1.68. The number of nitrogens with one attached hydrogen (secondary N) is 3. The van der Waals surface area contributed by atoms with Gasteiger partial charge >= 0.3 is 6.03 Å². The van der Waals surface area contributed by atoms with Crippen LogP contribution in [-0.2, 0) is 4.79 Å². The Morgan fingerprint density at radius 2 is 1.96 bits per heavy atom. The van der Waals surface area contributed by atoms with E-state index in [0.29, 0.717) is 13.1 Å². The molecule has 0 unspecified atom stereocenters. The van der Waals surface area contributed by atoms with Gasteiger partial charge in [-0.2, -0.15) is 5.10 Å². The molecule has 1 fully saturated rings. The van der Waals surface area contributed by atoms with Crippen molar-refractivity contribution in [2.24, 2.45) is 5.92 Å². The minimum Gasteiger partial charge on any atom is -0.356 e. The zero-order valence-electron chi connectivity index (χ0n) is 14.6. The van der Waals surface area contributed by atoms with Crippen molar-refractivity contribution in [1.82, 2.24) is 25.7 Å². The molecule has 1 aliphatic carbocycles. The lowest BCUT2D eigenvalue weighted by Gasteiger charge is -2.32. The highest BCUT2D eigenvalue weighted by Crippen LogP contribution is 2.27. The lowest BCUT2D eigenvalue weighted by atomic mass is 9.90. The number of rotatable bonds is 7. The van der Waals surface area contributed by atoms with E-state index in [1.807, 2.05) is 30.8 Å². The first kappa shape index (κ1) is 18.3. The van der Waals surface area contributed by atoms with Crippen LogP contribution in [0.4, 0.5) is 4.79 Å². The minimum absolute atomic E-state index is 0.00760. The average molecular weight is 335 g/mol. The Morgan fingerprint density at radius 3 is 2.67 bits per heavy atom. The summed E-state index contributed by atoms with van der Waals surface area (Å²) in [6, 6.07) is 2.11. The number of hydrogen-bond donors (Lipinski definition) is 3. The highest BCUT2D eigenvalue weighted by Gasteiger charge is 2.27. The molecule has 1 aromatic rings. The zero-order chi connectivity index (χ0) is 17.4. The summed E-state index contributed by atoms with van der Waals surface area (Å²) in [5, 5.41) is 13.1. The number of hydrogen-bond acceptors (Lipinski definition) is 3. The highest BCUT2D eigenvalue weighted by atomic mass is 16.2. The van der Waals surface area contributed by atoms with Gasteiger partial charge in [0.05, 0.1) is 12.1 Å². The van der Waals surface area contributed by atoms with Gasteiger partial charge in [-0.05, 0) is 25.3 Å². The fourth-order valence-corrected chi connectivity index (χ4v) is 3.00. The first-order valence-electron chi connectivity index (χ1n) is 8.89. The summed E-state index contributed by atoms with van der Waals surface area (Å²) >= 11 is 0. The number of carbonyl (C=O) groups is 2. The van der Waals surface area contributed by atoms with Crippen molar-refractivity contribution < 1.29 is 9.59 Å². The molecule has 0 aromatic carbocycles. The van der Waals surface area contributed by atoms with Crippen molar-refractivity contribution in [3.8, 4) is 0 Å². The largest absolute Gasteiger partial charge is 0.356 e. The van der Waals surface area contributed by atoms with Crippen LogP contribution >= 0.6 is 0 Å². The maximum absolute atomic E-state index is 12.1. The van der Waals surface area contributed by atoms with E-state index in [9.17, 15) is 9.59 Å². The number of amides is 3. The van der Waals surface area contributed by atoms with E-state index in [0.717, 1.165) is 25.7 Å². The fraction of sp³-hybridized carbons (Fsp3) is 0.706. The van der Waals surface area contributed by atoms with Crippen molar-refractivity contribution >= 4 is 11.9 Å². The summed E-state index contributed by atoms with van der Waals surface area (Å²) in [6.45, 7) is 4.85. The van der Waals surface area contributed by atoms with E-state index in [4.69, 9.17) is 0 Å². The van der Waals surface area contributed by atoms with Gasteiger partial charge in [-0.1, -0.05) is 26.7 Å². The average Bonchev–Trinajstić information content (AvgIpc) is 3.09. The van der Waals surface area contributed by atoms with Gasteiger partial charge in [0.25, 0.3) is 0 Å². The summed E-state index contributed by atoms with van der Waals surface area (Å²) in [4.78, 5) is 23.5. The molecule has 0 spiro atoms. The van der Waals surface area contributed by atoms with Crippen LogP contribution in [0.2, 0.25) is 0 Å². The van der Waals surface area contributed by atoms with Gasteiger partial charge in [0, 0.05) is 31.4 Å². The first-order valence-corrected chi connectivity index (χ1v) is 8.89.